The highest BCUT2D eigenvalue weighted by Gasteiger charge is 2.34. The fourth-order valence-corrected chi connectivity index (χ4v) is 4.70. The number of ether oxygens (including phenoxy) is 1. The Morgan fingerprint density at radius 2 is 1.62 bits per heavy atom. The highest BCUT2D eigenvalue weighted by atomic mass is 16.5. The molecule has 0 bridgehead atoms. The van der Waals surface area contributed by atoms with Crippen molar-refractivity contribution < 1.29 is 14.3 Å². The van der Waals surface area contributed by atoms with Gasteiger partial charge in [-0.1, -0.05) is 79.6 Å². The summed E-state index contributed by atoms with van der Waals surface area (Å²) in [5.41, 5.74) is 2.88. The minimum absolute atomic E-state index is 0.0667. The molecule has 0 saturated heterocycles. The predicted molar refractivity (Wildman–Crippen MR) is 124 cm³/mol. The molecule has 5 heteroatoms. The van der Waals surface area contributed by atoms with E-state index in [4.69, 9.17) is 9.84 Å². The van der Waals surface area contributed by atoms with Crippen LogP contribution in [0.4, 0.5) is 0 Å². The summed E-state index contributed by atoms with van der Waals surface area (Å²) in [6.45, 7) is -0.271. The third-order valence-corrected chi connectivity index (χ3v) is 6.46. The Morgan fingerprint density at radius 1 is 0.906 bits per heavy atom. The molecule has 1 unspecified atom stereocenters. The Hall–Kier alpha value is -3.47. The highest BCUT2D eigenvalue weighted by molar-refractivity contribution is 6.05. The zero-order valence-electron chi connectivity index (χ0n) is 17.9. The summed E-state index contributed by atoms with van der Waals surface area (Å²) in [6.07, 6.45) is 4.43. The number of hydrazone groups is 1. The Morgan fingerprint density at radius 3 is 2.41 bits per heavy atom. The molecule has 0 aromatic heterocycles. The predicted octanol–water partition coefficient (Wildman–Crippen LogP) is 5.25. The topological polar surface area (TPSA) is 59.0 Å². The lowest BCUT2D eigenvalue weighted by molar-refractivity contribution is -0.156. The summed E-state index contributed by atoms with van der Waals surface area (Å²) in [7, 11) is 0. The van der Waals surface area contributed by atoms with E-state index in [1.807, 2.05) is 42.5 Å². The molecule has 5 rings (SSSR count). The molecular weight excluding hydrogens is 400 g/mol. The first-order valence-corrected chi connectivity index (χ1v) is 11.3. The molecule has 1 aliphatic carbocycles. The van der Waals surface area contributed by atoms with Crippen molar-refractivity contribution in [2.45, 2.75) is 38.1 Å². The van der Waals surface area contributed by atoms with Crippen LogP contribution < -0.4 is 0 Å². The lowest BCUT2D eigenvalue weighted by Crippen LogP contribution is -2.32. The average molecular weight is 427 g/mol. The standard InChI is InChI=1S/C27H26N2O3/c30-26(18-32-27(31)21-11-5-6-12-21)29-25(20-9-2-1-3-10-20)17-24(28-29)23-15-14-19-8-4-7-13-22(19)16-23/h1-4,7-10,13-16,21,25H,5-6,11-12,17-18H2. The summed E-state index contributed by atoms with van der Waals surface area (Å²) in [5.74, 6) is -0.617. The van der Waals surface area contributed by atoms with Crippen molar-refractivity contribution in [2.24, 2.45) is 11.0 Å². The number of esters is 1. The van der Waals surface area contributed by atoms with E-state index >= 15 is 0 Å². The molecule has 3 aromatic rings. The zero-order chi connectivity index (χ0) is 21.9. The van der Waals surface area contributed by atoms with Crippen molar-refractivity contribution in [3.05, 3.63) is 83.9 Å². The Balaban J connectivity index is 1.39. The first-order chi connectivity index (χ1) is 15.7. The zero-order valence-corrected chi connectivity index (χ0v) is 17.9. The first kappa shape index (κ1) is 20.4. The van der Waals surface area contributed by atoms with Crippen molar-refractivity contribution in [3.63, 3.8) is 0 Å². The molecule has 0 spiro atoms. The molecule has 3 aromatic carbocycles. The van der Waals surface area contributed by atoms with E-state index in [1.54, 1.807) is 0 Å². The van der Waals surface area contributed by atoms with Gasteiger partial charge in [0, 0.05) is 6.42 Å². The average Bonchev–Trinajstić information content (AvgIpc) is 3.53. The summed E-state index contributed by atoms with van der Waals surface area (Å²) in [5, 5.41) is 8.52. The van der Waals surface area contributed by atoms with E-state index in [0.717, 1.165) is 47.9 Å². The third kappa shape index (κ3) is 4.15. The van der Waals surface area contributed by atoms with E-state index in [2.05, 4.69) is 30.3 Å². The molecule has 1 atom stereocenters. The number of amides is 1. The fourth-order valence-electron chi connectivity index (χ4n) is 4.70. The van der Waals surface area contributed by atoms with Crippen LogP contribution in [0.1, 0.15) is 49.3 Å². The highest BCUT2D eigenvalue weighted by Crippen LogP contribution is 2.33. The maximum Gasteiger partial charge on any atom is 0.309 e. The molecule has 1 amide bonds. The molecule has 5 nitrogen and oxygen atoms in total. The van der Waals surface area contributed by atoms with Crippen LogP contribution in [-0.2, 0) is 14.3 Å². The van der Waals surface area contributed by atoms with Crippen LogP contribution in [0, 0.1) is 5.92 Å². The number of nitrogens with zero attached hydrogens (tertiary/aromatic N) is 2. The van der Waals surface area contributed by atoms with Crippen LogP contribution in [0.25, 0.3) is 10.8 Å². The first-order valence-electron chi connectivity index (χ1n) is 11.3. The van der Waals surface area contributed by atoms with Gasteiger partial charge in [0.25, 0.3) is 5.91 Å². The van der Waals surface area contributed by atoms with E-state index in [9.17, 15) is 9.59 Å². The summed E-state index contributed by atoms with van der Waals surface area (Å²) < 4.78 is 5.38. The monoisotopic (exact) mass is 426 g/mol. The summed E-state index contributed by atoms with van der Waals surface area (Å²) in [4.78, 5) is 25.4. The Bertz CT molecular complexity index is 1170. The van der Waals surface area contributed by atoms with Crippen LogP contribution in [-0.4, -0.2) is 29.2 Å². The van der Waals surface area contributed by atoms with Gasteiger partial charge in [-0.15, -0.1) is 0 Å². The maximum atomic E-state index is 13.1. The van der Waals surface area contributed by atoms with Crippen LogP contribution in [0.2, 0.25) is 0 Å². The molecule has 1 heterocycles. The van der Waals surface area contributed by atoms with Crippen LogP contribution >= 0.6 is 0 Å². The van der Waals surface area contributed by atoms with Gasteiger partial charge in [-0.3, -0.25) is 9.59 Å². The molecule has 1 saturated carbocycles. The second-order valence-electron chi connectivity index (χ2n) is 8.57. The van der Waals surface area contributed by atoms with Gasteiger partial charge < -0.3 is 4.74 Å². The minimum atomic E-state index is -0.291. The van der Waals surface area contributed by atoms with Crippen molar-refractivity contribution in [3.8, 4) is 0 Å². The van der Waals surface area contributed by atoms with Gasteiger partial charge in [0.2, 0.25) is 0 Å². The lowest BCUT2D eigenvalue weighted by atomic mass is 9.97. The largest absolute Gasteiger partial charge is 0.455 e. The molecule has 1 fully saturated rings. The molecule has 2 aliphatic rings. The van der Waals surface area contributed by atoms with Gasteiger partial charge in [0.1, 0.15) is 0 Å². The second-order valence-corrected chi connectivity index (χ2v) is 8.57. The van der Waals surface area contributed by atoms with Gasteiger partial charge in [-0.25, -0.2) is 5.01 Å². The van der Waals surface area contributed by atoms with Gasteiger partial charge in [0.15, 0.2) is 6.61 Å². The molecule has 1 aliphatic heterocycles. The van der Waals surface area contributed by atoms with Crippen LogP contribution in [0.5, 0.6) is 0 Å². The molecule has 32 heavy (non-hydrogen) atoms. The fraction of sp³-hybridized carbons (Fsp3) is 0.296. The number of hydrogen-bond acceptors (Lipinski definition) is 4. The number of benzene rings is 3. The van der Waals surface area contributed by atoms with Crippen molar-refractivity contribution in [1.82, 2.24) is 5.01 Å². The summed E-state index contributed by atoms with van der Waals surface area (Å²) in [6, 6.07) is 24.1. The Kier molecular flexibility index (Phi) is 5.71. The van der Waals surface area contributed by atoms with Gasteiger partial charge in [-0.2, -0.15) is 5.10 Å². The molecular formula is C27H26N2O3. The number of carbonyl (C=O) groups excluding carboxylic acids is 2. The van der Waals surface area contributed by atoms with Crippen molar-refractivity contribution in [1.29, 1.82) is 0 Å². The third-order valence-electron chi connectivity index (χ3n) is 6.46. The van der Waals surface area contributed by atoms with Crippen LogP contribution in [0.3, 0.4) is 0 Å². The second kappa shape index (κ2) is 8.95. The number of rotatable bonds is 5. The van der Waals surface area contributed by atoms with Gasteiger partial charge in [0.05, 0.1) is 17.7 Å². The van der Waals surface area contributed by atoms with Crippen LogP contribution in [0.15, 0.2) is 77.9 Å². The molecule has 0 radical (unpaired) electrons. The summed E-state index contributed by atoms with van der Waals surface area (Å²) >= 11 is 0. The van der Waals surface area contributed by atoms with E-state index < -0.39 is 0 Å². The van der Waals surface area contributed by atoms with Gasteiger partial charge >= 0.3 is 5.97 Å². The number of hydrogen-bond donors (Lipinski definition) is 0. The number of fused-ring (bicyclic) bond motifs is 1. The van der Waals surface area contributed by atoms with Crippen molar-refractivity contribution >= 4 is 28.4 Å². The van der Waals surface area contributed by atoms with E-state index in [0.29, 0.717) is 6.42 Å². The van der Waals surface area contributed by atoms with Gasteiger partial charge in [-0.05, 0) is 40.8 Å². The minimum Gasteiger partial charge on any atom is -0.455 e. The SMILES string of the molecule is O=C(OCC(=O)N1N=C(c2ccc3ccccc3c2)CC1c1ccccc1)C1CCCC1. The quantitative estimate of drug-likeness (QED) is 0.524. The number of carbonyl (C=O) groups is 2. The lowest BCUT2D eigenvalue weighted by Gasteiger charge is -2.22. The normalized spacial score (nSPS) is 18.7. The van der Waals surface area contributed by atoms with E-state index in [-0.39, 0.29) is 30.4 Å². The molecule has 162 valence electrons. The van der Waals surface area contributed by atoms with Crippen molar-refractivity contribution in [2.75, 3.05) is 6.61 Å². The Labute approximate surface area is 187 Å². The van der Waals surface area contributed by atoms with E-state index in [1.165, 1.54) is 10.4 Å². The smallest absolute Gasteiger partial charge is 0.309 e. The maximum absolute atomic E-state index is 13.1. The molecule has 0 N–H and O–H groups in total.